The zero-order chi connectivity index (χ0) is 16.4. The normalized spacial score (nSPS) is 19.7. The molecule has 2 unspecified atom stereocenters. The topological polar surface area (TPSA) is 49.8 Å². The summed E-state index contributed by atoms with van der Waals surface area (Å²) in [7, 11) is 1.65. The fraction of sp³-hybridized carbons (Fsp3) is 0.389. The number of aliphatic carboxylic acids is 1. The molecule has 1 aromatic heterocycles. The van der Waals surface area contributed by atoms with Gasteiger partial charge in [0, 0.05) is 11.4 Å². The first kappa shape index (κ1) is 16.0. The highest BCUT2D eigenvalue weighted by atomic mass is 32.1. The number of hydrogen-bond donors (Lipinski definition) is 1. The molecule has 0 amide bonds. The van der Waals surface area contributed by atoms with Crippen LogP contribution in [-0.2, 0) is 4.79 Å². The van der Waals surface area contributed by atoms with Crippen LogP contribution in [0.15, 0.2) is 35.7 Å². The van der Waals surface area contributed by atoms with E-state index in [2.05, 4.69) is 29.3 Å². The number of ether oxygens (including phenoxy) is 1. The Balaban J connectivity index is 2.05. The van der Waals surface area contributed by atoms with Crippen molar-refractivity contribution in [3.8, 4) is 5.75 Å². The summed E-state index contributed by atoms with van der Waals surface area (Å²) in [5.41, 5.74) is 2.29. The standard InChI is InChI=1S/C18H21NO3S/c1-12-9-16(23-11-12)17(13-5-3-6-14(10-13)22-2)19-8-4-7-15(19)18(20)21/h3,5-6,9-11,15,17H,4,7-8H2,1-2H3,(H,20,21). The maximum atomic E-state index is 11.6. The summed E-state index contributed by atoms with van der Waals surface area (Å²) in [6, 6.07) is 9.65. The summed E-state index contributed by atoms with van der Waals surface area (Å²) < 4.78 is 5.35. The van der Waals surface area contributed by atoms with Gasteiger partial charge in [0.15, 0.2) is 0 Å². The fourth-order valence-electron chi connectivity index (χ4n) is 3.29. The molecule has 0 radical (unpaired) electrons. The molecule has 5 heteroatoms. The van der Waals surface area contributed by atoms with Crippen LogP contribution in [0.25, 0.3) is 0 Å². The summed E-state index contributed by atoms with van der Waals surface area (Å²) in [4.78, 5) is 14.9. The predicted molar refractivity (Wildman–Crippen MR) is 91.3 cm³/mol. The molecule has 4 nitrogen and oxygen atoms in total. The maximum Gasteiger partial charge on any atom is 0.320 e. The Morgan fingerprint density at radius 2 is 2.26 bits per heavy atom. The van der Waals surface area contributed by atoms with Crippen LogP contribution < -0.4 is 4.74 Å². The van der Waals surface area contributed by atoms with Crippen LogP contribution in [0.4, 0.5) is 0 Å². The lowest BCUT2D eigenvalue weighted by atomic mass is 10.0. The van der Waals surface area contributed by atoms with Gasteiger partial charge in [0.1, 0.15) is 11.8 Å². The Labute approximate surface area is 140 Å². The van der Waals surface area contributed by atoms with Gasteiger partial charge in [-0.25, -0.2) is 0 Å². The first-order chi connectivity index (χ1) is 11.1. The molecule has 1 N–H and O–H groups in total. The van der Waals surface area contributed by atoms with Crippen molar-refractivity contribution >= 4 is 17.3 Å². The Bertz CT molecular complexity index is 697. The molecule has 1 aromatic carbocycles. The van der Waals surface area contributed by atoms with Crippen molar-refractivity contribution in [3.63, 3.8) is 0 Å². The summed E-state index contributed by atoms with van der Waals surface area (Å²) in [6.45, 7) is 2.87. The highest BCUT2D eigenvalue weighted by Crippen LogP contribution is 2.38. The zero-order valence-corrected chi connectivity index (χ0v) is 14.2. The average Bonchev–Trinajstić information content (AvgIpc) is 3.18. The van der Waals surface area contributed by atoms with Crippen molar-refractivity contribution in [3.05, 3.63) is 51.7 Å². The fourth-order valence-corrected chi connectivity index (χ4v) is 4.34. The van der Waals surface area contributed by atoms with Crippen molar-refractivity contribution in [2.75, 3.05) is 13.7 Å². The lowest BCUT2D eigenvalue weighted by Crippen LogP contribution is -2.39. The largest absolute Gasteiger partial charge is 0.497 e. The minimum absolute atomic E-state index is 0.0348. The number of carboxylic acids is 1. The van der Waals surface area contributed by atoms with Crippen molar-refractivity contribution in [2.24, 2.45) is 0 Å². The number of hydrogen-bond acceptors (Lipinski definition) is 4. The Morgan fingerprint density at radius 1 is 1.43 bits per heavy atom. The molecule has 1 fully saturated rings. The highest BCUT2D eigenvalue weighted by molar-refractivity contribution is 7.10. The molecule has 23 heavy (non-hydrogen) atoms. The number of rotatable bonds is 5. The third kappa shape index (κ3) is 3.26. The molecule has 0 saturated carbocycles. The molecule has 122 valence electrons. The van der Waals surface area contributed by atoms with Crippen LogP contribution in [-0.4, -0.2) is 35.7 Å². The van der Waals surface area contributed by atoms with Crippen molar-refractivity contribution in [2.45, 2.75) is 31.8 Å². The van der Waals surface area contributed by atoms with Gasteiger partial charge in [-0.2, -0.15) is 0 Å². The van der Waals surface area contributed by atoms with Gasteiger partial charge in [-0.1, -0.05) is 12.1 Å². The minimum atomic E-state index is -0.733. The van der Waals surface area contributed by atoms with Crippen LogP contribution in [0.5, 0.6) is 5.75 Å². The maximum absolute atomic E-state index is 11.6. The number of likely N-dealkylation sites (tertiary alicyclic amines) is 1. The number of carboxylic acid groups (broad SMARTS) is 1. The highest BCUT2D eigenvalue weighted by Gasteiger charge is 2.37. The lowest BCUT2D eigenvalue weighted by Gasteiger charge is -2.31. The molecule has 3 rings (SSSR count). The van der Waals surface area contributed by atoms with E-state index in [1.54, 1.807) is 18.4 Å². The Morgan fingerprint density at radius 3 is 2.91 bits per heavy atom. The van der Waals surface area contributed by atoms with Gasteiger partial charge in [0.25, 0.3) is 0 Å². The van der Waals surface area contributed by atoms with Gasteiger partial charge in [-0.05, 0) is 54.5 Å². The molecule has 1 saturated heterocycles. The Hall–Kier alpha value is -1.85. The van der Waals surface area contributed by atoms with E-state index in [4.69, 9.17) is 4.74 Å². The van der Waals surface area contributed by atoms with Gasteiger partial charge in [0.2, 0.25) is 0 Å². The molecule has 0 aliphatic carbocycles. The van der Waals surface area contributed by atoms with E-state index in [9.17, 15) is 9.90 Å². The van der Waals surface area contributed by atoms with E-state index in [0.29, 0.717) is 6.42 Å². The zero-order valence-electron chi connectivity index (χ0n) is 13.4. The Kier molecular flexibility index (Phi) is 4.68. The number of benzene rings is 1. The smallest absolute Gasteiger partial charge is 0.320 e. The average molecular weight is 331 g/mol. The minimum Gasteiger partial charge on any atom is -0.497 e. The molecular weight excluding hydrogens is 310 g/mol. The number of carbonyl (C=O) groups is 1. The second-order valence-electron chi connectivity index (χ2n) is 5.94. The molecule has 2 aromatic rings. The SMILES string of the molecule is COc1cccc(C(c2cc(C)cs2)N2CCCC2C(=O)O)c1. The second kappa shape index (κ2) is 6.72. The van der Waals surface area contributed by atoms with Crippen LogP contribution in [0.3, 0.4) is 0 Å². The lowest BCUT2D eigenvalue weighted by molar-refractivity contribution is -0.142. The second-order valence-corrected chi connectivity index (χ2v) is 6.88. The van der Waals surface area contributed by atoms with Crippen LogP contribution in [0.2, 0.25) is 0 Å². The van der Waals surface area contributed by atoms with Gasteiger partial charge in [0.05, 0.1) is 13.2 Å². The summed E-state index contributed by atoms with van der Waals surface area (Å²) in [5.74, 6) is 0.0653. The molecule has 2 heterocycles. The molecular formula is C18H21NO3S. The summed E-state index contributed by atoms with van der Waals surface area (Å²) in [6.07, 6.45) is 1.63. The predicted octanol–water partition coefficient (Wildman–Crippen LogP) is 3.70. The van der Waals surface area contributed by atoms with E-state index in [1.807, 2.05) is 18.2 Å². The van der Waals surface area contributed by atoms with Crippen LogP contribution in [0.1, 0.15) is 34.9 Å². The molecule has 1 aliphatic heterocycles. The summed E-state index contributed by atoms with van der Waals surface area (Å²) >= 11 is 1.69. The van der Waals surface area contributed by atoms with Gasteiger partial charge < -0.3 is 9.84 Å². The van der Waals surface area contributed by atoms with E-state index < -0.39 is 12.0 Å². The third-order valence-electron chi connectivity index (χ3n) is 4.34. The van der Waals surface area contributed by atoms with Crippen molar-refractivity contribution < 1.29 is 14.6 Å². The molecule has 2 atom stereocenters. The van der Waals surface area contributed by atoms with E-state index in [0.717, 1.165) is 24.3 Å². The number of nitrogens with zero attached hydrogens (tertiary/aromatic N) is 1. The summed E-state index contributed by atoms with van der Waals surface area (Å²) in [5, 5.41) is 11.7. The number of thiophene rings is 1. The van der Waals surface area contributed by atoms with E-state index in [-0.39, 0.29) is 6.04 Å². The van der Waals surface area contributed by atoms with Gasteiger partial charge >= 0.3 is 5.97 Å². The monoisotopic (exact) mass is 331 g/mol. The number of methoxy groups -OCH3 is 1. The van der Waals surface area contributed by atoms with E-state index in [1.165, 1.54) is 10.4 Å². The van der Waals surface area contributed by atoms with Crippen LogP contribution >= 0.6 is 11.3 Å². The third-order valence-corrected chi connectivity index (χ3v) is 5.44. The molecule has 0 spiro atoms. The van der Waals surface area contributed by atoms with Gasteiger partial charge in [-0.15, -0.1) is 11.3 Å². The molecule has 0 bridgehead atoms. The molecule has 1 aliphatic rings. The quantitative estimate of drug-likeness (QED) is 0.907. The first-order valence-corrected chi connectivity index (χ1v) is 8.65. The van der Waals surface area contributed by atoms with Crippen LogP contribution in [0, 0.1) is 6.92 Å². The van der Waals surface area contributed by atoms with Gasteiger partial charge in [-0.3, -0.25) is 9.69 Å². The number of aryl methyl sites for hydroxylation is 1. The van der Waals surface area contributed by atoms with E-state index >= 15 is 0 Å². The first-order valence-electron chi connectivity index (χ1n) is 7.77. The van der Waals surface area contributed by atoms with Crippen molar-refractivity contribution in [1.82, 2.24) is 4.90 Å². The van der Waals surface area contributed by atoms with Crippen molar-refractivity contribution in [1.29, 1.82) is 0 Å².